The molecule has 2 aromatic rings. The van der Waals surface area contributed by atoms with Gasteiger partial charge in [0.15, 0.2) is 17.3 Å². The highest BCUT2D eigenvalue weighted by Gasteiger charge is 2.08. The van der Waals surface area contributed by atoms with Crippen molar-refractivity contribution in [3.63, 3.8) is 0 Å². The summed E-state index contributed by atoms with van der Waals surface area (Å²) in [5.74, 6) is 1.42. The van der Waals surface area contributed by atoms with E-state index in [0.717, 1.165) is 24.9 Å². The third-order valence-electron chi connectivity index (χ3n) is 3.57. The Balaban J connectivity index is 1.95. The van der Waals surface area contributed by atoms with Gasteiger partial charge in [0.05, 0.1) is 31.2 Å². The topological polar surface area (TPSA) is 103 Å². The second-order valence-corrected chi connectivity index (χ2v) is 5.56. The maximum Gasteiger partial charge on any atom is 0.274 e. The van der Waals surface area contributed by atoms with Crippen molar-refractivity contribution in [3.8, 4) is 11.5 Å². The first-order valence-electron chi connectivity index (χ1n) is 8.08. The van der Waals surface area contributed by atoms with Crippen molar-refractivity contribution in [1.82, 2.24) is 14.9 Å². The van der Waals surface area contributed by atoms with Crippen LogP contribution in [-0.4, -0.2) is 35.2 Å². The Morgan fingerprint density at radius 2 is 2.12 bits per heavy atom. The highest BCUT2D eigenvalue weighted by atomic mass is 16.6. The molecule has 9 nitrogen and oxygen atoms in total. The first-order chi connectivity index (χ1) is 12.5. The van der Waals surface area contributed by atoms with Crippen LogP contribution in [0.4, 0.5) is 5.69 Å². The summed E-state index contributed by atoms with van der Waals surface area (Å²) in [6.45, 7) is 3.27. The number of hydrogen-bond acceptors (Lipinski definition) is 7. The summed E-state index contributed by atoms with van der Waals surface area (Å²) in [6, 6.07) is 5.19. The molecule has 0 aliphatic heterocycles. The van der Waals surface area contributed by atoms with E-state index < -0.39 is 4.92 Å². The normalized spacial score (nSPS) is 11.1. The Kier molecular flexibility index (Phi) is 6.84. The number of imidazole rings is 1. The molecule has 0 aliphatic carbocycles. The summed E-state index contributed by atoms with van der Waals surface area (Å²) in [5.41, 5.74) is 1.61. The summed E-state index contributed by atoms with van der Waals surface area (Å²) in [4.78, 5) is 14.5. The minimum absolute atomic E-state index is 0.295. The molecule has 2 rings (SSSR count). The molecule has 26 heavy (non-hydrogen) atoms. The van der Waals surface area contributed by atoms with Crippen molar-refractivity contribution in [2.24, 2.45) is 0 Å². The van der Waals surface area contributed by atoms with E-state index >= 15 is 0 Å². The summed E-state index contributed by atoms with van der Waals surface area (Å²) in [6.07, 6.45) is 5.41. The van der Waals surface area contributed by atoms with Crippen molar-refractivity contribution in [2.45, 2.75) is 19.9 Å². The number of aryl methyl sites for hydroxylation is 2. The molecule has 9 heteroatoms. The zero-order valence-corrected chi connectivity index (χ0v) is 15.1. The standard InChI is InChI=1S/C17H23N5O4/c1-13-10-21(12-19-13)8-4-7-18-17(11-22(23)24)20-14-5-6-15(25-2)16(9-14)26-3/h5-6,9-12,18,20H,4,7-8H2,1-3H3/b17-11+. The van der Waals surface area contributed by atoms with E-state index in [4.69, 9.17) is 9.47 Å². The second-order valence-electron chi connectivity index (χ2n) is 5.56. The molecule has 0 amide bonds. The fraction of sp³-hybridized carbons (Fsp3) is 0.353. The number of nitrogens with zero attached hydrogens (tertiary/aromatic N) is 3. The molecule has 0 spiro atoms. The Labute approximate surface area is 151 Å². The van der Waals surface area contributed by atoms with Crippen LogP contribution in [-0.2, 0) is 6.54 Å². The van der Waals surface area contributed by atoms with E-state index in [2.05, 4.69) is 15.6 Å². The Hall–Kier alpha value is -3.23. The number of anilines is 1. The average Bonchev–Trinajstić information content (AvgIpc) is 3.03. The van der Waals surface area contributed by atoms with Crippen LogP contribution in [0.3, 0.4) is 0 Å². The lowest BCUT2D eigenvalue weighted by Gasteiger charge is -2.14. The van der Waals surface area contributed by atoms with Gasteiger partial charge in [0.1, 0.15) is 0 Å². The Morgan fingerprint density at radius 3 is 2.73 bits per heavy atom. The number of rotatable bonds is 10. The molecule has 1 aromatic carbocycles. The quantitative estimate of drug-likeness (QED) is 0.380. The van der Waals surface area contributed by atoms with Gasteiger partial charge in [0.2, 0.25) is 0 Å². The SMILES string of the molecule is COc1ccc(N/C(=C/[N+](=O)[O-])NCCCn2cnc(C)c2)cc1OC. The van der Waals surface area contributed by atoms with Gasteiger partial charge in [-0.2, -0.15) is 0 Å². The summed E-state index contributed by atoms with van der Waals surface area (Å²) < 4.78 is 12.4. The number of nitro groups is 1. The van der Waals surface area contributed by atoms with Gasteiger partial charge in [-0.15, -0.1) is 0 Å². The summed E-state index contributed by atoms with van der Waals surface area (Å²) in [5, 5.41) is 16.9. The molecule has 1 heterocycles. The molecule has 0 radical (unpaired) electrons. The molecule has 0 bridgehead atoms. The lowest BCUT2D eigenvalue weighted by Crippen LogP contribution is -2.22. The van der Waals surface area contributed by atoms with Crippen molar-refractivity contribution in [2.75, 3.05) is 26.1 Å². The first-order valence-corrected chi connectivity index (χ1v) is 8.08. The molecule has 0 saturated heterocycles. The van der Waals surface area contributed by atoms with Crippen LogP contribution in [0, 0.1) is 17.0 Å². The van der Waals surface area contributed by atoms with Crippen molar-refractivity contribution in [3.05, 3.63) is 58.6 Å². The summed E-state index contributed by atoms with van der Waals surface area (Å²) in [7, 11) is 3.08. The van der Waals surface area contributed by atoms with Crippen LogP contribution in [0.1, 0.15) is 12.1 Å². The van der Waals surface area contributed by atoms with E-state index in [1.165, 1.54) is 7.11 Å². The largest absolute Gasteiger partial charge is 0.493 e. The molecule has 0 atom stereocenters. The van der Waals surface area contributed by atoms with Gasteiger partial charge in [-0.05, 0) is 25.5 Å². The fourth-order valence-corrected chi connectivity index (χ4v) is 2.38. The van der Waals surface area contributed by atoms with Gasteiger partial charge in [-0.3, -0.25) is 10.1 Å². The number of benzene rings is 1. The van der Waals surface area contributed by atoms with Crippen LogP contribution in [0.5, 0.6) is 11.5 Å². The van der Waals surface area contributed by atoms with E-state index in [9.17, 15) is 10.1 Å². The predicted octanol–water partition coefficient (Wildman–Crippen LogP) is 2.38. The number of methoxy groups -OCH3 is 2. The van der Waals surface area contributed by atoms with E-state index in [0.29, 0.717) is 29.6 Å². The smallest absolute Gasteiger partial charge is 0.274 e. The minimum atomic E-state index is -0.505. The monoisotopic (exact) mass is 361 g/mol. The minimum Gasteiger partial charge on any atom is -0.493 e. The maximum absolute atomic E-state index is 10.9. The van der Waals surface area contributed by atoms with Crippen LogP contribution in [0.2, 0.25) is 0 Å². The number of hydrogen-bond donors (Lipinski definition) is 2. The van der Waals surface area contributed by atoms with Gasteiger partial charge in [-0.25, -0.2) is 4.98 Å². The highest BCUT2D eigenvalue weighted by molar-refractivity contribution is 5.56. The molecule has 0 saturated carbocycles. The van der Waals surface area contributed by atoms with Crippen LogP contribution >= 0.6 is 0 Å². The third-order valence-corrected chi connectivity index (χ3v) is 3.57. The van der Waals surface area contributed by atoms with Crippen molar-refractivity contribution in [1.29, 1.82) is 0 Å². The van der Waals surface area contributed by atoms with Crippen LogP contribution in [0.15, 0.2) is 42.7 Å². The maximum atomic E-state index is 10.9. The van der Waals surface area contributed by atoms with Crippen molar-refractivity contribution < 1.29 is 14.4 Å². The van der Waals surface area contributed by atoms with Crippen molar-refractivity contribution >= 4 is 5.69 Å². The average molecular weight is 361 g/mol. The second kappa shape index (κ2) is 9.30. The molecule has 1 aromatic heterocycles. The predicted molar refractivity (Wildman–Crippen MR) is 97.8 cm³/mol. The lowest BCUT2D eigenvalue weighted by atomic mass is 10.2. The third kappa shape index (κ3) is 5.69. The van der Waals surface area contributed by atoms with Gasteiger partial charge in [0.25, 0.3) is 6.20 Å². The van der Waals surface area contributed by atoms with Gasteiger partial charge in [-0.1, -0.05) is 0 Å². The molecule has 0 fully saturated rings. The molecule has 0 unspecified atom stereocenters. The molecular formula is C17H23N5O4. The Morgan fingerprint density at radius 1 is 1.35 bits per heavy atom. The zero-order chi connectivity index (χ0) is 18.9. The number of ether oxygens (including phenoxy) is 2. The molecular weight excluding hydrogens is 338 g/mol. The number of aromatic nitrogens is 2. The first kappa shape index (κ1) is 19.1. The molecule has 140 valence electrons. The van der Waals surface area contributed by atoms with E-state index in [1.807, 2.05) is 17.7 Å². The Bertz CT molecular complexity index is 772. The summed E-state index contributed by atoms with van der Waals surface area (Å²) >= 11 is 0. The van der Waals surface area contributed by atoms with E-state index in [-0.39, 0.29) is 0 Å². The van der Waals surface area contributed by atoms with Gasteiger partial charge >= 0.3 is 0 Å². The highest BCUT2D eigenvalue weighted by Crippen LogP contribution is 2.30. The van der Waals surface area contributed by atoms with Crippen LogP contribution < -0.4 is 20.1 Å². The lowest BCUT2D eigenvalue weighted by molar-refractivity contribution is -0.403. The molecule has 0 aliphatic rings. The fourth-order valence-electron chi connectivity index (χ4n) is 2.38. The molecule has 2 N–H and O–H groups in total. The zero-order valence-electron chi connectivity index (χ0n) is 15.1. The van der Waals surface area contributed by atoms with Gasteiger partial charge in [0, 0.05) is 31.0 Å². The van der Waals surface area contributed by atoms with E-state index in [1.54, 1.807) is 31.6 Å². The van der Waals surface area contributed by atoms with Crippen LogP contribution in [0.25, 0.3) is 0 Å². The van der Waals surface area contributed by atoms with Gasteiger partial charge < -0.3 is 24.7 Å². The number of nitrogens with one attached hydrogen (secondary N) is 2.